The van der Waals surface area contributed by atoms with Crippen LogP contribution in [0, 0.1) is 11.3 Å². The quantitative estimate of drug-likeness (QED) is 0.748. The molecule has 2 fully saturated rings. The molecule has 2 nitrogen and oxygen atoms in total. The molecule has 2 heteroatoms. The Bertz CT molecular complexity index is 262. The van der Waals surface area contributed by atoms with E-state index >= 15 is 0 Å². The predicted octanol–water partition coefficient (Wildman–Crippen LogP) is 4.14. The van der Waals surface area contributed by atoms with Gasteiger partial charge >= 0.3 is 0 Å². The van der Waals surface area contributed by atoms with Gasteiger partial charge in [0, 0.05) is 18.1 Å². The Morgan fingerprint density at radius 1 is 1.16 bits per heavy atom. The van der Waals surface area contributed by atoms with Gasteiger partial charge in [-0.1, -0.05) is 40.0 Å². The second kappa shape index (κ2) is 7.08. The van der Waals surface area contributed by atoms with Gasteiger partial charge in [-0.3, -0.25) is 0 Å². The molecule has 0 spiro atoms. The molecule has 1 N–H and O–H groups in total. The zero-order chi connectivity index (χ0) is 13.7. The summed E-state index contributed by atoms with van der Waals surface area (Å²) < 4.78 is 6.29. The summed E-state index contributed by atoms with van der Waals surface area (Å²) in [4.78, 5) is 0. The van der Waals surface area contributed by atoms with Crippen LogP contribution in [0.4, 0.5) is 0 Å². The first kappa shape index (κ1) is 15.3. The first-order valence-electron chi connectivity index (χ1n) is 8.55. The highest BCUT2D eigenvalue weighted by atomic mass is 16.5. The average molecular weight is 267 g/mol. The monoisotopic (exact) mass is 267 g/mol. The average Bonchev–Trinajstić information content (AvgIpc) is 2.46. The molecule has 0 saturated heterocycles. The van der Waals surface area contributed by atoms with Crippen molar-refractivity contribution in [1.29, 1.82) is 0 Å². The number of ether oxygens (including phenoxy) is 1. The fourth-order valence-corrected chi connectivity index (χ4v) is 3.79. The van der Waals surface area contributed by atoms with Gasteiger partial charge in [-0.15, -0.1) is 0 Å². The van der Waals surface area contributed by atoms with Crippen molar-refractivity contribution in [2.24, 2.45) is 11.3 Å². The number of hydrogen-bond acceptors (Lipinski definition) is 2. The van der Waals surface area contributed by atoms with E-state index in [4.69, 9.17) is 4.74 Å². The molecular formula is C17H33NO. The maximum Gasteiger partial charge on any atom is 0.0658 e. The molecule has 3 unspecified atom stereocenters. The highest BCUT2D eigenvalue weighted by Crippen LogP contribution is 2.46. The van der Waals surface area contributed by atoms with Crippen molar-refractivity contribution in [3.05, 3.63) is 0 Å². The van der Waals surface area contributed by atoms with Crippen LogP contribution in [0.15, 0.2) is 0 Å². The summed E-state index contributed by atoms with van der Waals surface area (Å²) in [7, 11) is 0. The Kier molecular flexibility index (Phi) is 5.70. The molecule has 0 bridgehead atoms. The summed E-state index contributed by atoms with van der Waals surface area (Å²) in [6, 6.07) is 0.675. The Balaban J connectivity index is 1.74. The van der Waals surface area contributed by atoms with Crippen LogP contribution in [0.25, 0.3) is 0 Å². The van der Waals surface area contributed by atoms with Crippen molar-refractivity contribution in [1.82, 2.24) is 5.32 Å². The normalized spacial score (nSPS) is 36.2. The van der Waals surface area contributed by atoms with Gasteiger partial charge in [0.15, 0.2) is 0 Å². The van der Waals surface area contributed by atoms with Crippen molar-refractivity contribution in [2.45, 2.75) is 84.3 Å². The molecule has 2 aliphatic rings. The summed E-state index contributed by atoms with van der Waals surface area (Å²) in [5, 5.41) is 3.70. The minimum atomic E-state index is 0.365. The zero-order valence-corrected chi connectivity index (χ0v) is 13.2. The largest absolute Gasteiger partial charge is 0.377 e. The molecule has 0 heterocycles. The first-order chi connectivity index (χ1) is 9.20. The van der Waals surface area contributed by atoms with Gasteiger partial charge in [0.1, 0.15) is 0 Å². The molecule has 0 aromatic rings. The van der Waals surface area contributed by atoms with Crippen molar-refractivity contribution in [3.63, 3.8) is 0 Å². The second-order valence-corrected chi connectivity index (χ2v) is 6.93. The van der Waals surface area contributed by atoms with Crippen LogP contribution in [0.2, 0.25) is 0 Å². The molecule has 2 rings (SSSR count). The van der Waals surface area contributed by atoms with Crippen LogP contribution < -0.4 is 5.32 Å². The molecule has 19 heavy (non-hydrogen) atoms. The van der Waals surface area contributed by atoms with Gasteiger partial charge in [-0.05, 0) is 44.6 Å². The lowest BCUT2D eigenvalue weighted by molar-refractivity contribution is -0.138. The predicted molar refractivity (Wildman–Crippen MR) is 81.4 cm³/mol. The third-order valence-electron chi connectivity index (χ3n) is 5.64. The molecule has 2 saturated carbocycles. The molecule has 0 aromatic carbocycles. The smallest absolute Gasteiger partial charge is 0.0658 e. The maximum absolute atomic E-state index is 6.29. The minimum absolute atomic E-state index is 0.365. The molecule has 0 radical (unpaired) electrons. The van der Waals surface area contributed by atoms with E-state index in [-0.39, 0.29) is 0 Å². The Hall–Kier alpha value is -0.0800. The van der Waals surface area contributed by atoms with Gasteiger partial charge < -0.3 is 10.1 Å². The highest BCUT2D eigenvalue weighted by molar-refractivity contribution is 5.04. The highest BCUT2D eigenvalue weighted by Gasteiger charge is 2.50. The molecule has 0 amide bonds. The maximum atomic E-state index is 6.29. The summed E-state index contributed by atoms with van der Waals surface area (Å²) >= 11 is 0. The molecule has 112 valence electrons. The van der Waals surface area contributed by atoms with Gasteiger partial charge in [0.05, 0.1) is 6.10 Å². The summed E-state index contributed by atoms with van der Waals surface area (Å²) in [5.41, 5.74) is 0.365. The SMILES string of the molecule is CCCNC1CC(OCC2CCCCC2)C1(C)CC. The van der Waals surface area contributed by atoms with Crippen LogP contribution in [0.3, 0.4) is 0 Å². The lowest BCUT2D eigenvalue weighted by atomic mass is 9.61. The molecule has 0 aliphatic heterocycles. The fraction of sp³-hybridized carbons (Fsp3) is 1.00. The van der Waals surface area contributed by atoms with Crippen LogP contribution in [-0.4, -0.2) is 25.3 Å². The van der Waals surface area contributed by atoms with E-state index in [0.29, 0.717) is 17.6 Å². The summed E-state index contributed by atoms with van der Waals surface area (Å²) in [6.07, 6.45) is 11.2. The van der Waals surface area contributed by atoms with Gasteiger partial charge in [0.25, 0.3) is 0 Å². The van der Waals surface area contributed by atoms with E-state index in [2.05, 4.69) is 26.1 Å². The topological polar surface area (TPSA) is 21.3 Å². The fourth-order valence-electron chi connectivity index (χ4n) is 3.79. The Labute approximate surface area is 119 Å². The lowest BCUT2D eigenvalue weighted by Crippen LogP contribution is -2.62. The minimum Gasteiger partial charge on any atom is -0.377 e. The first-order valence-corrected chi connectivity index (χ1v) is 8.55. The number of nitrogens with one attached hydrogen (secondary N) is 1. The molecule has 2 aliphatic carbocycles. The third kappa shape index (κ3) is 3.52. The van der Waals surface area contributed by atoms with E-state index in [0.717, 1.165) is 19.1 Å². The van der Waals surface area contributed by atoms with Gasteiger partial charge in [0.2, 0.25) is 0 Å². The third-order valence-corrected chi connectivity index (χ3v) is 5.64. The van der Waals surface area contributed by atoms with E-state index in [1.807, 2.05) is 0 Å². The van der Waals surface area contributed by atoms with E-state index in [1.54, 1.807) is 0 Å². The van der Waals surface area contributed by atoms with E-state index in [9.17, 15) is 0 Å². The second-order valence-electron chi connectivity index (χ2n) is 6.93. The lowest BCUT2D eigenvalue weighted by Gasteiger charge is -2.54. The number of rotatable bonds is 7. The van der Waals surface area contributed by atoms with Crippen molar-refractivity contribution in [2.75, 3.05) is 13.2 Å². The van der Waals surface area contributed by atoms with Crippen LogP contribution in [-0.2, 0) is 4.74 Å². The van der Waals surface area contributed by atoms with Crippen molar-refractivity contribution < 1.29 is 4.74 Å². The standard InChI is InChI=1S/C17H33NO/c1-4-11-18-15-12-16(17(15,3)5-2)19-13-14-9-7-6-8-10-14/h14-16,18H,4-13H2,1-3H3. The summed E-state index contributed by atoms with van der Waals surface area (Å²) in [6.45, 7) is 9.13. The van der Waals surface area contributed by atoms with Crippen LogP contribution >= 0.6 is 0 Å². The summed E-state index contributed by atoms with van der Waals surface area (Å²) in [5.74, 6) is 0.845. The van der Waals surface area contributed by atoms with Gasteiger partial charge in [-0.2, -0.15) is 0 Å². The molecule has 3 atom stereocenters. The number of hydrogen-bond donors (Lipinski definition) is 1. The molecule has 0 aromatic heterocycles. The van der Waals surface area contributed by atoms with E-state index < -0.39 is 0 Å². The van der Waals surface area contributed by atoms with Crippen LogP contribution in [0.5, 0.6) is 0 Å². The van der Waals surface area contributed by atoms with Crippen molar-refractivity contribution >= 4 is 0 Å². The zero-order valence-electron chi connectivity index (χ0n) is 13.2. The Morgan fingerprint density at radius 3 is 2.53 bits per heavy atom. The Morgan fingerprint density at radius 2 is 1.89 bits per heavy atom. The molecular weight excluding hydrogens is 234 g/mol. The van der Waals surface area contributed by atoms with Gasteiger partial charge in [-0.25, -0.2) is 0 Å². The van der Waals surface area contributed by atoms with E-state index in [1.165, 1.54) is 51.4 Å². The van der Waals surface area contributed by atoms with Crippen molar-refractivity contribution in [3.8, 4) is 0 Å². The van der Waals surface area contributed by atoms with Crippen LogP contribution in [0.1, 0.15) is 72.1 Å².